The van der Waals surface area contributed by atoms with Crippen LogP contribution in [0, 0.1) is 0 Å². The molecule has 6 heteroatoms. The maximum atomic E-state index is 13.2. The summed E-state index contributed by atoms with van der Waals surface area (Å²) in [5.41, 5.74) is 1.51. The SMILES string of the molecule is COc1ccc2c(c1)C1(CCC2)CC(=O)N(CCCN(C)C)C1=O.Cl. The van der Waals surface area contributed by atoms with Crippen LogP contribution in [0.3, 0.4) is 0 Å². The number of rotatable bonds is 5. The maximum absolute atomic E-state index is 13.2. The average molecular weight is 367 g/mol. The van der Waals surface area contributed by atoms with Crippen molar-refractivity contribution in [2.24, 2.45) is 0 Å². The van der Waals surface area contributed by atoms with Gasteiger partial charge in [0.25, 0.3) is 0 Å². The largest absolute Gasteiger partial charge is 0.497 e. The summed E-state index contributed by atoms with van der Waals surface area (Å²) >= 11 is 0. The smallest absolute Gasteiger partial charge is 0.240 e. The normalized spacial score (nSPS) is 22.3. The average Bonchev–Trinajstić information content (AvgIpc) is 2.79. The molecule has 1 spiro atoms. The number of amides is 2. The van der Waals surface area contributed by atoms with E-state index in [4.69, 9.17) is 4.74 Å². The molecule has 1 atom stereocenters. The summed E-state index contributed by atoms with van der Waals surface area (Å²) in [6.45, 7) is 1.38. The number of benzene rings is 1. The first-order chi connectivity index (χ1) is 11.5. The van der Waals surface area contributed by atoms with Crippen LogP contribution in [0.5, 0.6) is 5.75 Å². The van der Waals surface area contributed by atoms with Gasteiger partial charge in [-0.05, 0) is 69.6 Å². The summed E-state index contributed by atoms with van der Waals surface area (Å²) in [5.74, 6) is 0.705. The van der Waals surface area contributed by atoms with Crippen molar-refractivity contribution in [2.75, 3.05) is 34.3 Å². The lowest BCUT2D eigenvalue weighted by Crippen LogP contribution is -2.41. The quantitative estimate of drug-likeness (QED) is 0.751. The van der Waals surface area contributed by atoms with Gasteiger partial charge in [0.2, 0.25) is 11.8 Å². The minimum atomic E-state index is -0.669. The van der Waals surface area contributed by atoms with Crippen LogP contribution in [-0.2, 0) is 21.4 Å². The first-order valence-electron chi connectivity index (χ1n) is 8.65. The molecule has 2 aliphatic rings. The molecule has 0 bridgehead atoms. The van der Waals surface area contributed by atoms with Crippen molar-refractivity contribution < 1.29 is 14.3 Å². The van der Waals surface area contributed by atoms with Crippen LogP contribution in [-0.4, -0.2) is 55.9 Å². The van der Waals surface area contributed by atoms with Gasteiger partial charge in [0.05, 0.1) is 12.5 Å². The fraction of sp³-hybridized carbons (Fsp3) is 0.579. The highest BCUT2D eigenvalue weighted by atomic mass is 35.5. The van der Waals surface area contributed by atoms with E-state index in [9.17, 15) is 9.59 Å². The highest BCUT2D eigenvalue weighted by molar-refractivity contribution is 6.09. The van der Waals surface area contributed by atoms with E-state index in [1.165, 1.54) is 10.5 Å². The Hall–Kier alpha value is -1.59. The molecular formula is C19H27ClN2O3. The Morgan fingerprint density at radius 2 is 2.04 bits per heavy atom. The van der Waals surface area contributed by atoms with E-state index >= 15 is 0 Å². The number of fused-ring (bicyclic) bond motifs is 2. The molecule has 0 radical (unpaired) electrons. The summed E-state index contributed by atoms with van der Waals surface area (Å²) in [5, 5.41) is 0. The number of carbonyl (C=O) groups is 2. The second-order valence-corrected chi connectivity index (χ2v) is 7.14. The van der Waals surface area contributed by atoms with E-state index in [1.54, 1.807) is 7.11 Å². The number of aryl methyl sites for hydroxylation is 1. The van der Waals surface area contributed by atoms with Crippen LogP contribution in [0.2, 0.25) is 0 Å². The molecule has 3 rings (SSSR count). The van der Waals surface area contributed by atoms with E-state index in [-0.39, 0.29) is 24.2 Å². The summed E-state index contributed by atoms with van der Waals surface area (Å²) in [6.07, 6.45) is 3.77. The highest BCUT2D eigenvalue weighted by Crippen LogP contribution is 2.46. The van der Waals surface area contributed by atoms with Crippen molar-refractivity contribution in [3.05, 3.63) is 29.3 Å². The third kappa shape index (κ3) is 3.53. The zero-order chi connectivity index (χ0) is 17.3. The van der Waals surface area contributed by atoms with Gasteiger partial charge in [-0.25, -0.2) is 0 Å². The number of carbonyl (C=O) groups excluding carboxylic acids is 2. The first kappa shape index (κ1) is 19.7. The second-order valence-electron chi connectivity index (χ2n) is 7.14. The van der Waals surface area contributed by atoms with Gasteiger partial charge in [0.1, 0.15) is 5.75 Å². The topological polar surface area (TPSA) is 49.9 Å². The van der Waals surface area contributed by atoms with Gasteiger partial charge in [-0.2, -0.15) is 0 Å². The molecule has 1 aromatic rings. The van der Waals surface area contributed by atoms with Crippen molar-refractivity contribution in [2.45, 2.75) is 37.5 Å². The van der Waals surface area contributed by atoms with Gasteiger partial charge in [-0.1, -0.05) is 6.07 Å². The Morgan fingerprint density at radius 1 is 1.28 bits per heavy atom. The molecular weight excluding hydrogens is 340 g/mol. The molecule has 1 saturated heterocycles. The molecule has 1 aromatic carbocycles. The summed E-state index contributed by atoms with van der Waals surface area (Å²) in [6, 6.07) is 5.94. The summed E-state index contributed by atoms with van der Waals surface area (Å²) in [4.78, 5) is 29.3. The molecule has 1 heterocycles. The lowest BCUT2D eigenvalue weighted by molar-refractivity contribution is -0.140. The van der Waals surface area contributed by atoms with Crippen LogP contribution in [0.15, 0.2) is 18.2 Å². The molecule has 0 N–H and O–H groups in total. The fourth-order valence-electron chi connectivity index (χ4n) is 4.04. The Bertz CT molecular complexity index is 662. The Kier molecular flexibility index (Phi) is 6.12. The summed E-state index contributed by atoms with van der Waals surface area (Å²) < 4.78 is 5.35. The molecule has 138 valence electrons. The van der Waals surface area contributed by atoms with Crippen molar-refractivity contribution in [3.8, 4) is 5.75 Å². The third-order valence-corrected chi connectivity index (χ3v) is 5.28. The van der Waals surface area contributed by atoms with Crippen molar-refractivity contribution in [1.29, 1.82) is 0 Å². The van der Waals surface area contributed by atoms with Crippen LogP contribution in [0.1, 0.15) is 36.8 Å². The monoisotopic (exact) mass is 366 g/mol. The minimum absolute atomic E-state index is 0. The van der Waals surface area contributed by atoms with Gasteiger partial charge in [0.15, 0.2) is 0 Å². The van der Waals surface area contributed by atoms with E-state index in [2.05, 4.69) is 4.90 Å². The second kappa shape index (κ2) is 7.75. The molecule has 25 heavy (non-hydrogen) atoms. The van der Waals surface area contributed by atoms with Crippen LogP contribution in [0.4, 0.5) is 0 Å². The predicted molar refractivity (Wildman–Crippen MR) is 99.4 cm³/mol. The molecule has 1 aliphatic heterocycles. The number of hydrogen-bond acceptors (Lipinski definition) is 4. The van der Waals surface area contributed by atoms with E-state index in [0.29, 0.717) is 13.0 Å². The maximum Gasteiger partial charge on any atom is 0.240 e. The van der Waals surface area contributed by atoms with E-state index in [0.717, 1.165) is 43.5 Å². The number of likely N-dealkylation sites (tertiary alicyclic amines) is 1. The zero-order valence-electron chi connectivity index (χ0n) is 15.2. The molecule has 0 saturated carbocycles. The third-order valence-electron chi connectivity index (χ3n) is 5.28. The first-order valence-corrected chi connectivity index (χ1v) is 8.65. The Labute approximate surface area is 155 Å². The lowest BCUT2D eigenvalue weighted by Gasteiger charge is -2.33. The van der Waals surface area contributed by atoms with Gasteiger partial charge >= 0.3 is 0 Å². The minimum Gasteiger partial charge on any atom is -0.497 e. The molecule has 1 unspecified atom stereocenters. The molecule has 0 aromatic heterocycles. The number of ether oxygens (including phenoxy) is 1. The van der Waals surface area contributed by atoms with Crippen molar-refractivity contribution in [1.82, 2.24) is 9.80 Å². The Morgan fingerprint density at radius 3 is 2.72 bits per heavy atom. The van der Waals surface area contributed by atoms with Crippen molar-refractivity contribution >= 4 is 24.2 Å². The lowest BCUT2D eigenvalue weighted by atomic mass is 9.69. The molecule has 1 fully saturated rings. The highest BCUT2D eigenvalue weighted by Gasteiger charge is 2.53. The number of imide groups is 1. The van der Waals surface area contributed by atoms with Gasteiger partial charge in [-0.15, -0.1) is 12.4 Å². The predicted octanol–water partition coefficient (Wildman–Crippen LogP) is 2.40. The number of methoxy groups -OCH3 is 1. The molecule has 1 aliphatic carbocycles. The number of hydrogen-bond donors (Lipinski definition) is 0. The van der Waals surface area contributed by atoms with Gasteiger partial charge in [0, 0.05) is 13.0 Å². The van der Waals surface area contributed by atoms with Crippen LogP contribution in [0.25, 0.3) is 0 Å². The molecule has 2 amide bonds. The number of halogens is 1. The summed E-state index contributed by atoms with van der Waals surface area (Å²) in [7, 11) is 5.63. The molecule has 5 nitrogen and oxygen atoms in total. The standard InChI is InChI=1S/C19H26N2O3.ClH/c1-20(2)10-5-11-21-17(22)13-19(18(21)23)9-4-6-14-7-8-15(24-3)12-16(14)19;/h7-8,12H,4-6,9-11,13H2,1-3H3;1H. The van der Waals surface area contributed by atoms with Crippen LogP contribution >= 0.6 is 12.4 Å². The Balaban J connectivity index is 0.00000225. The zero-order valence-corrected chi connectivity index (χ0v) is 16.0. The van der Waals surface area contributed by atoms with Gasteiger partial charge < -0.3 is 9.64 Å². The van der Waals surface area contributed by atoms with Gasteiger partial charge in [-0.3, -0.25) is 14.5 Å². The van der Waals surface area contributed by atoms with Crippen LogP contribution < -0.4 is 4.74 Å². The van der Waals surface area contributed by atoms with E-state index in [1.807, 2.05) is 32.3 Å². The van der Waals surface area contributed by atoms with E-state index < -0.39 is 5.41 Å². The fourth-order valence-corrected chi connectivity index (χ4v) is 4.04. The number of nitrogens with zero attached hydrogens (tertiary/aromatic N) is 2. The van der Waals surface area contributed by atoms with Crippen molar-refractivity contribution in [3.63, 3.8) is 0 Å².